The van der Waals surface area contributed by atoms with E-state index < -0.39 is 0 Å². The van der Waals surface area contributed by atoms with Crippen LogP contribution in [-0.4, -0.2) is 20.0 Å². The fraction of sp³-hybridized carbons (Fsp3) is 0.250. The van der Waals surface area contributed by atoms with Crippen molar-refractivity contribution >= 4 is 17.7 Å². The van der Waals surface area contributed by atoms with E-state index in [0.717, 1.165) is 12.2 Å². The zero-order valence-corrected chi connectivity index (χ0v) is 9.68. The topological polar surface area (TPSA) is 50.8 Å². The Morgan fingerprint density at radius 1 is 1.56 bits per heavy atom. The largest absolute Gasteiger partial charge is 0.495 e. The van der Waals surface area contributed by atoms with Crippen molar-refractivity contribution in [3.05, 3.63) is 31.0 Å². The third-order valence-corrected chi connectivity index (χ3v) is 2.20. The Hall–Kier alpha value is -1.97. The fourth-order valence-corrected chi connectivity index (χ4v) is 1.34. The molecule has 0 aliphatic rings. The van der Waals surface area contributed by atoms with Gasteiger partial charge in [0.1, 0.15) is 5.75 Å². The molecule has 0 atom stereocenters. The summed E-state index contributed by atoms with van der Waals surface area (Å²) in [5.41, 5.74) is 7.36. The summed E-state index contributed by atoms with van der Waals surface area (Å²) in [6.45, 7) is 6.39. The predicted octanol–water partition coefficient (Wildman–Crippen LogP) is 2.28. The number of nitrogens with zero attached hydrogens (tertiary/aromatic N) is 2. The van der Waals surface area contributed by atoms with E-state index in [2.05, 4.69) is 11.6 Å². The van der Waals surface area contributed by atoms with Gasteiger partial charge in [0.05, 0.1) is 19.1 Å². The molecule has 0 saturated heterocycles. The average Bonchev–Trinajstić information content (AvgIpc) is 2.32. The van der Waals surface area contributed by atoms with Gasteiger partial charge in [0.25, 0.3) is 0 Å². The first-order valence-electron chi connectivity index (χ1n) is 5.07. The summed E-state index contributed by atoms with van der Waals surface area (Å²) in [4.78, 5) is 5.97. The molecular formula is C12H17N3O. The molecule has 4 nitrogen and oxygen atoms in total. The lowest BCUT2D eigenvalue weighted by Gasteiger charge is -2.18. The number of hydrogen-bond acceptors (Lipinski definition) is 3. The number of rotatable bonds is 5. The molecule has 0 bridgehead atoms. The van der Waals surface area contributed by atoms with E-state index in [0.29, 0.717) is 11.4 Å². The average molecular weight is 219 g/mol. The zero-order chi connectivity index (χ0) is 12.0. The summed E-state index contributed by atoms with van der Waals surface area (Å²) in [6.07, 6.45) is 3.22. The molecule has 0 amide bonds. The van der Waals surface area contributed by atoms with Crippen molar-refractivity contribution < 1.29 is 4.74 Å². The molecule has 4 heteroatoms. The van der Waals surface area contributed by atoms with E-state index in [4.69, 9.17) is 10.5 Å². The normalized spacial score (nSPS) is 10.4. The van der Waals surface area contributed by atoms with Gasteiger partial charge in [-0.3, -0.25) is 0 Å². The van der Waals surface area contributed by atoms with Gasteiger partial charge < -0.3 is 15.4 Å². The maximum Gasteiger partial charge on any atom is 0.143 e. The third kappa shape index (κ3) is 2.76. The number of anilines is 2. The van der Waals surface area contributed by atoms with E-state index >= 15 is 0 Å². The first kappa shape index (κ1) is 12.1. The van der Waals surface area contributed by atoms with E-state index in [1.165, 1.54) is 6.20 Å². The molecule has 0 spiro atoms. The van der Waals surface area contributed by atoms with Gasteiger partial charge in [0.2, 0.25) is 0 Å². The number of aliphatic imine (C=N–C) groups is 1. The molecule has 0 aromatic heterocycles. The fourth-order valence-electron chi connectivity index (χ4n) is 1.34. The summed E-state index contributed by atoms with van der Waals surface area (Å²) < 4.78 is 5.17. The maximum atomic E-state index is 5.75. The Morgan fingerprint density at radius 3 is 2.88 bits per heavy atom. The van der Waals surface area contributed by atoms with E-state index in [1.807, 2.05) is 30.0 Å². The van der Waals surface area contributed by atoms with Gasteiger partial charge >= 0.3 is 0 Å². The molecule has 16 heavy (non-hydrogen) atoms. The van der Waals surface area contributed by atoms with Gasteiger partial charge in [-0.15, -0.1) is 0 Å². The number of ether oxygens (including phenoxy) is 1. The minimum Gasteiger partial charge on any atom is -0.495 e. The molecule has 1 aromatic carbocycles. The monoisotopic (exact) mass is 219 g/mol. The number of hydrogen-bond donors (Lipinski definition) is 1. The summed E-state index contributed by atoms with van der Waals surface area (Å²) >= 11 is 0. The number of nitrogens with two attached hydrogens (primary N) is 1. The molecule has 0 saturated carbocycles. The number of methoxy groups -OCH3 is 1. The highest BCUT2D eigenvalue weighted by atomic mass is 16.5. The Labute approximate surface area is 96.0 Å². The van der Waals surface area contributed by atoms with Crippen LogP contribution in [0.25, 0.3) is 0 Å². The minimum absolute atomic E-state index is 0.628. The van der Waals surface area contributed by atoms with Crippen LogP contribution in [0.2, 0.25) is 0 Å². The summed E-state index contributed by atoms with van der Waals surface area (Å²) in [5.74, 6) is 0.669. The van der Waals surface area contributed by atoms with Crippen LogP contribution >= 0.6 is 0 Å². The van der Waals surface area contributed by atoms with Gasteiger partial charge in [0, 0.05) is 24.5 Å². The summed E-state index contributed by atoms with van der Waals surface area (Å²) in [6, 6.07) is 5.63. The second-order valence-corrected chi connectivity index (χ2v) is 3.16. The molecule has 2 N–H and O–H groups in total. The molecule has 0 aliphatic carbocycles. The van der Waals surface area contributed by atoms with Crippen LogP contribution in [0.5, 0.6) is 5.75 Å². The van der Waals surface area contributed by atoms with Gasteiger partial charge in [-0.05, 0) is 19.1 Å². The maximum absolute atomic E-state index is 5.75. The molecule has 1 rings (SSSR count). The lowest BCUT2D eigenvalue weighted by Crippen LogP contribution is -2.20. The van der Waals surface area contributed by atoms with Crippen molar-refractivity contribution in [1.29, 1.82) is 0 Å². The Kier molecular flexibility index (Phi) is 4.39. The summed E-state index contributed by atoms with van der Waals surface area (Å²) in [5, 5.41) is 0. The van der Waals surface area contributed by atoms with Crippen molar-refractivity contribution in [2.75, 3.05) is 24.3 Å². The van der Waals surface area contributed by atoms with Crippen molar-refractivity contribution in [1.82, 2.24) is 0 Å². The highest BCUT2D eigenvalue weighted by Gasteiger charge is 2.05. The second-order valence-electron chi connectivity index (χ2n) is 3.16. The van der Waals surface area contributed by atoms with Crippen molar-refractivity contribution in [3.8, 4) is 5.75 Å². The molecule has 0 heterocycles. The molecule has 1 aromatic rings. The van der Waals surface area contributed by atoms with Crippen LogP contribution in [0.3, 0.4) is 0 Å². The van der Waals surface area contributed by atoms with Crippen LogP contribution in [0.4, 0.5) is 11.4 Å². The lowest BCUT2D eigenvalue weighted by molar-refractivity contribution is 0.417. The van der Waals surface area contributed by atoms with Crippen LogP contribution in [0, 0.1) is 0 Å². The van der Waals surface area contributed by atoms with Gasteiger partial charge in [-0.2, -0.15) is 0 Å². The first-order valence-corrected chi connectivity index (χ1v) is 5.07. The van der Waals surface area contributed by atoms with E-state index in [9.17, 15) is 0 Å². The van der Waals surface area contributed by atoms with Gasteiger partial charge in [-0.25, -0.2) is 4.99 Å². The highest BCUT2D eigenvalue weighted by molar-refractivity contribution is 5.81. The molecule has 0 aliphatic heterocycles. The van der Waals surface area contributed by atoms with E-state index in [1.54, 1.807) is 13.4 Å². The molecule has 0 unspecified atom stereocenters. The highest BCUT2D eigenvalue weighted by Crippen LogP contribution is 2.26. The second kappa shape index (κ2) is 5.80. The Morgan fingerprint density at radius 2 is 2.31 bits per heavy atom. The van der Waals surface area contributed by atoms with Crippen molar-refractivity contribution in [2.24, 2.45) is 4.99 Å². The summed E-state index contributed by atoms with van der Waals surface area (Å²) in [7, 11) is 1.60. The van der Waals surface area contributed by atoms with Crippen LogP contribution in [0.1, 0.15) is 6.92 Å². The molecule has 0 fully saturated rings. The molecule has 86 valence electrons. The van der Waals surface area contributed by atoms with Crippen LogP contribution in [-0.2, 0) is 0 Å². The molecular weight excluding hydrogens is 202 g/mol. The van der Waals surface area contributed by atoms with Gasteiger partial charge in [-0.1, -0.05) is 6.58 Å². The van der Waals surface area contributed by atoms with Crippen LogP contribution in [0.15, 0.2) is 36.0 Å². The van der Waals surface area contributed by atoms with Crippen molar-refractivity contribution in [2.45, 2.75) is 6.92 Å². The molecule has 0 radical (unpaired) electrons. The third-order valence-electron chi connectivity index (χ3n) is 2.20. The predicted molar refractivity (Wildman–Crippen MR) is 69.1 cm³/mol. The minimum atomic E-state index is 0.628. The number of benzene rings is 1. The Bertz CT molecular complexity index is 388. The smallest absolute Gasteiger partial charge is 0.143 e. The SMILES string of the molecule is C=C/N=C\N(CC)c1ccc(N)c(OC)c1. The lowest BCUT2D eigenvalue weighted by atomic mass is 10.2. The number of nitrogen functional groups attached to an aromatic ring is 1. The quantitative estimate of drug-likeness (QED) is 0.469. The van der Waals surface area contributed by atoms with Gasteiger partial charge in [0.15, 0.2) is 0 Å². The van der Waals surface area contributed by atoms with E-state index in [-0.39, 0.29) is 0 Å². The standard InChI is InChI=1S/C12H17N3O/c1-4-14-9-15(5-2)10-6-7-11(13)12(8-10)16-3/h4,6-9H,1,5,13H2,2-3H3/b14-9-. The van der Waals surface area contributed by atoms with Crippen molar-refractivity contribution in [3.63, 3.8) is 0 Å². The van der Waals surface area contributed by atoms with Crippen LogP contribution < -0.4 is 15.4 Å². The Balaban J connectivity index is 3.01. The first-order chi connectivity index (χ1) is 7.72. The zero-order valence-electron chi connectivity index (χ0n) is 9.68.